The van der Waals surface area contributed by atoms with Gasteiger partial charge in [-0.2, -0.15) is 0 Å². The van der Waals surface area contributed by atoms with Crippen LogP contribution in [0.4, 0.5) is 0 Å². The van der Waals surface area contributed by atoms with Gasteiger partial charge in [0.2, 0.25) is 0 Å². The van der Waals surface area contributed by atoms with Crippen molar-refractivity contribution in [1.29, 1.82) is 0 Å². The van der Waals surface area contributed by atoms with E-state index >= 15 is 0 Å². The quantitative estimate of drug-likeness (QED) is 0.655. The van der Waals surface area contributed by atoms with Crippen LogP contribution in [0, 0.1) is 0 Å². The second kappa shape index (κ2) is 8.90. The van der Waals surface area contributed by atoms with Crippen LogP contribution in [0.1, 0.15) is 16.7 Å². The topological polar surface area (TPSA) is 30.5 Å². The van der Waals surface area contributed by atoms with Gasteiger partial charge in [-0.1, -0.05) is 72.8 Å². The molecule has 0 aliphatic rings. The molecule has 3 aromatic rings. The Morgan fingerprint density at radius 3 is 2.08 bits per heavy atom. The average Bonchev–Trinajstić information content (AvgIpc) is 2.68. The molecule has 0 amide bonds. The highest BCUT2D eigenvalue weighted by Gasteiger charge is 2.10. The van der Waals surface area contributed by atoms with Crippen LogP contribution in [-0.2, 0) is 19.7 Å². The normalized spacial score (nSPS) is 10.4. The number of hydrogen-bond acceptors (Lipinski definition) is 3. The highest BCUT2D eigenvalue weighted by Crippen LogP contribution is 2.31. The Labute approximate surface area is 149 Å². The van der Waals surface area contributed by atoms with E-state index in [0.717, 1.165) is 35.7 Å². The van der Waals surface area contributed by atoms with E-state index in [0.29, 0.717) is 6.61 Å². The Balaban J connectivity index is 1.67. The lowest BCUT2D eigenvalue weighted by Gasteiger charge is -2.16. The molecule has 1 N–H and O–H groups in total. The minimum Gasteiger partial charge on any atom is -0.493 e. The summed E-state index contributed by atoms with van der Waals surface area (Å²) in [5, 5.41) is 3.47. The molecule has 0 spiro atoms. The Morgan fingerprint density at radius 2 is 1.40 bits per heavy atom. The van der Waals surface area contributed by atoms with Gasteiger partial charge in [0, 0.05) is 18.7 Å². The van der Waals surface area contributed by atoms with E-state index in [4.69, 9.17) is 9.47 Å². The Morgan fingerprint density at radius 1 is 0.720 bits per heavy atom. The molecule has 3 aromatic carbocycles. The largest absolute Gasteiger partial charge is 0.493 e. The first kappa shape index (κ1) is 17.1. The summed E-state index contributed by atoms with van der Waals surface area (Å²) in [5.41, 5.74) is 3.49. The van der Waals surface area contributed by atoms with Crippen LogP contribution in [0.3, 0.4) is 0 Å². The van der Waals surface area contributed by atoms with Crippen LogP contribution in [-0.4, -0.2) is 7.11 Å². The van der Waals surface area contributed by atoms with Crippen molar-refractivity contribution >= 4 is 0 Å². The second-order valence-corrected chi connectivity index (χ2v) is 5.81. The van der Waals surface area contributed by atoms with Crippen molar-refractivity contribution < 1.29 is 9.47 Å². The van der Waals surface area contributed by atoms with Gasteiger partial charge in [-0.3, -0.25) is 0 Å². The van der Waals surface area contributed by atoms with Crippen molar-refractivity contribution in [3.63, 3.8) is 0 Å². The summed E-state index contributed by atoms with van der Waals surface area (Å²) < 4.78 is 11.6. The Hall–Kier alpha value is -2.78. The highest BCUT2D eigenvalue weighted by atomic mass is 16.5. The van der Waals surface area contributed by atoms with E-state index in [9.17, 15) is 0 Å². The van der Waals surface area contributed by atoms with Gasteiger partial charge in [-0.25, -0.2) is 0 Å². The SMILES string of the molecule is COc1cccc(CNCc2ccccc2)c1OCc1ccccc1. The van der Waals surface area contributed by atoms with Crippen LogP contribution in [0.2, 0.25) is 0 Å². The Kier molecular flexibility index (Phi) is 6.07. The summed E-state index contributed by atoms with van der Waals surface area (Å²) in [5.74, 6) is 1.56. The van der Waals surface area contributed by atoms with E-state index in [1.807, 2.05) is 36.4 Å². The fraction of sp³-hybridized carbons (Fsp3) is 0.182. The molecule has 0 saturated heterocycles. The number of para-hydroxylation sites is 1. The lowest BCUT2D eigenvalue weighted by Crippen LogP contribution is -2.14. The maximum Gasteiger partial charge on any atom is 0.166 e. The van der Waals surface area contributed by atoms with E-state index in [2.05, 4.69) is 47.8 Å². The van der Waals surface area contributed by atoms with Crippen molar-refractivity contribution in [1.82, 2.24) is 5.32 Å². The number of methoxy groups -OCH3 is 1. The third-order valence-electron chi connectivity index (χ3n) is 3.99. The third kappa shape index (κ3) is 4.85. The van der Waals surface area contributed by atoms with Gasteiger partial charge in [0.15, 0.2) is 11.5 Å². The zero-order valence-corrected chi connectivity index (χ0v) is 14.4. The van der Waals surface area contributed by atoms with Gasteiger partial charge in [-0.05, 0) is 17.2 Å². The third-order valence-corrected chi connectivity index (χ3v) is 3.99. The summed E-state index contributed by atoms with van der Waals surface area (Å²) in [6, 6.07) is 26.5. The van der Waals surface area contributed by atoms with Gasteiger partial charge < -0.3 is 14.8 Å². The molecule has 0 aliphatic carbocycles. The van der Waals surface area contributed by atoms with E-state index in [1.54, 1.807) is 7.11 Å². The molecular weight excluding hydrogens is 310 g/mol. The first-order valence-electron chi connectivity index (χ1n) is 8.44. The fourth-order valence-electron chi connectivity index (χ4n) is 2.69. The number of rotatable bonds is 8. The predicted molar refractivity (Wildman–Crippen MR) is 101 cm³/mol. The maximum absolute atomic E-state index is 6.08. The summed E-state index contributed by atoms with van der Waals surface area (Å²) in [6.07, 6.45) is 0. The van der Waals surface area contributed by atoms with Crippen LogP contribution >= 0.6 is 0 Å². The number of nitrogens with one attached hydrogen (secondary N) is 1. The van der Waals surface area contributed by atoms with Crippen molar-refractivity contribution in [3.05, 3.63) is 95.6 Å². The molecule has 0 bridgehead atoms. The molecule has 0 fully saturated rings. The summed E-state index contributed by atoms with van der Waals surface area (Å²) in [4.78, 5) is 0. The molecule has 0 unspecified atom stereocenters. The zero-order valence-electron chi connectivity index (χ0n) is 14.4. The number of ether oxygens (including phenoxy) is 2. The van der Waals surface area contributed by atoms with E-state index in [1.165, 1.54) is 5.56 Å². The van der Waals surface area contributed by atoms with Crippen LogP contribution in [0.5, 0.6) is 11.5 Å². The van der Waals surface area contributed by atoms with Gasteiger partial charge in [0.25, 0.3) is 0 Å². The second-order valence-electron chi connectivity index (χ2n) is 5.81. The first-order valence-corrected chi connectivity index (χ1v) is 8.44. The summed E-state index contributed by atoms with van der Waals surface area (Å²) >= 11 is 0. The molecule has 0 saturated carbocycles. The molecule has 0 heterocycles. The molecule has 3 nitrogen and oxygen atoms in total. The monoisotopic (exact) mass is 333 g/mol. The van der Waals surface area contributed by atoms with E-state index in [-0.39, 0.29) is 0 Å². The fourth-order valence-corrected chi connectivity index (χ4v) is 2.69. The van der Waals surface area contributed by atoms with E-state index < -0.39 is 0 Å². The van der Waals surface area contributed by atoms with Gasteiger partial charge in [0.1, 0.15) is 6.61 Å². The molecule has 3 heteroatoms. The predicted octanol–water partition coefficient (Wildman–Crippen LogP) is 4.56. The number of hydrogen-bond donors (Lipinski definition) is 1. The lowest BCUT2D eigenvalue weighted by atomic mass is 10.1. The van der Waals surface area contributed by atoms with Crippen molar-refractivity contribution in [2.75, 3.05) is 7.11 Å². The summed E-state index contributed by atoms with van der Waals surface area (Å²) in [6.45, 7) is 2.05. The standard InChI is InChI=1S/C22H23NO2/c1-24-21-14-8-13-20(16-23-15-18-9-4-2-5-10-18)22(21)25-17-19-11-6-3-7-12-19/h2-14,23H,15-17H2,1H3. The lowest BCUT2D eigenvalue weighted by molar-refractivity contribution is 0.280. The van der Waals surface area contributed by atoms with Crippen LogP contribution in [0.15, 0.2) is 78.9 Å². The highest BCUT2D eigenvalue weighted by molar-refractivity contribution is 5.46. The molecule has 25 heavy (non-hydrogen) atoms. The zero-order chi connectivity index (χ0) is 17.3. The maximum atomic E-state index is 6.08. The molecular formula is C22H23NO2. The minimum absolute atomic E-state index is 0.521. The molecule has 0 radical (unpaired) electrons. The van der Waals surface area contributed by atoms with Crippen molar-refractivity contribution in [2.24, 2.45) is 0 Å². The molecule has 128 valence electrons. The molecule has 3 rings (SSSR count). The van der Waals surface area contributed by atoms with Crippen molar-refractivity contribution in [2.45, 2.75) is 19.7 Å². The smallest absolute Gasteiger partial charge is 0.166 e. The molecule has 0 atom stereocenters. The van der Waals surface area contributed by atoms with Gasteiger partial charge in [0.05, 0.1) is 7.11 Å². The van der Waals surface area contributed by atoms with Crippen LogP contribution in [0.25, 0.3) is 0 Å². The van der Waals surface area contributed by atoms with Crippen molar-refractivity contribution in [3.8, 4) is 11.5 Å². The number of benzene rings is 3. The first-order chi connectivity index (χ1) is 12.4. The van der Waals surface area contributed by atoms with Crippen LogP contribution < -0.4 is 14.8 Å². The van der Waals surface area contributed by atoms with Gasteiger partial charge in [-0.15, -0.1) is 0 Å². The molecule has 0 aromatic heterocycles. The average molecular weight is 333 g/mol. The molecule has 0 aliphatic heterocycles. The summed E-state index contributed by atoms with van der Waals surface area (Å²) in [7, 11) is 1.67. The van der Waals surface area contributed by atoms with Gasteiger partial charge >= 0.3 is 0 Å². The Bertz CT molecular complexity index is 773. The minimum atomic E-state index is 0.521.